The second-order valence-corrected chi connectivity index (χ2v) is 4.82. The zero-order valence-corrected chi connectivity index (χ0v) is 10.2. The lowest BCUT2D eigenvalue weighted by Crippen LogP contribution is -2.47. The average Bonchev–Trinajstić information content (AvgIpc) is 2.30. The third kappa shape index (κ3) is 2.95. The number of nitrogens with one attached hydrogen (secondary N) is 1. The fraction of sp³-hybridized carbons (Fsp3) is 0.615. The van der Waals surface area contributed by atoms with E-state index in [2.05, 4.69) is 35.1 Å². The molecule has 88 valence electrons. The van der Waals surface area contributed by atoms with Crippen LogP contribution in [0.15, 0.2) is 24.5 Å². The molecular formula is C13H21N3. The van der Waals surface area contributed by atoms with E-state index in [4.69, 9.17) is 0 Å². The first-order chi connectivity index (χ1) is 7.75. The van der Waals surface area contributed by atoms with Crippen LogP contribution >= 0.6 is 0 Å². The molecule has 0 amide bonds. The van der Waals surface area contributed by atoms with Crippen molar-refractivity contribution in [3.8, 4) is 0 Å². The summed E-state index contributed by atoms with van der Waals surface area (Å²) in [6.45, 7) is 6.68. The van der Waals surface area contributed by atoms with Gasteiger partial charge in [-0.2, -0.15) is 0 Å². The van der Waals surface area contributed by atoms with Crippen molar-refractivity contribution in [3.05, 3.63) is 24.5 Å². The minimum absolute atomic E-state index is 0.568. The molecule has 0 radical (unpaired) electrons. The van der Waals surface area contributed by atoms with Gasteiger partial charge in [0, 0.05) is 31.4 Å². The van der Waals surface area contributed by atoms with Crippen molar-refractivity contribution in [2.24, 2.45) is 0 Å². The van der Waals surface area contributed by atoms with Gasteiger partial charge in [0.1, 0.15) is 0 Å². The van der Waals surface area contributed by atoms with Gasteiger partial charge in [-0.3, -0.25) is 4.98 Å². The van der Waals surface area contributed by atoms with Crippen LogP contribution in [-0.2, 0) is 0 Å². The van der Waals surface area contributed by atoms with Crippen LogP contribution in [0.1, 0.15) is 26.7 Å². The van der Waals surface area contributed by atoms with E-state index in [9.17, 15) is 0 Å². The van der Waals surface area contributed by atoms with Crippen LogP contribution in [0, 0.1) is 0 Å². The number of hydrogen-bond acceptors (Lipinski definition) is 3. The summed E-state index contributed by atoms with van der Waals surface area (Å²) in [6.07, 6.45) is 6.34. The van der Waals surface area contributed by atoms with Crippen molar-refractivity contribution in [1.29, 1.82) is 0 Å². The van der Waals surface area contributed by atoms with Crippen molar-refractivity contribution >= 4 is 5.69 Å². The van der Waals surface area contributed by atoms with Gasteiger partial charge in [0.2, 0.25) is 0 Å². The zero-order valence-electron chi connectivity index (χ0n) is 10.2. The molecule has 0 aromatic carbocycles. The van der Waals surface area contributed by atoms with E-state index in [-0.39, 0.29) is 0 Å². The Hall–Kier alpha value is -1.09. The van der Waals surface area contributed by atoms with Crippen LogP contribution in [0.2, 0.25) is 0 Å². The highest BCUT2D eigenvalue weighted by Gasteiger charge is 2.20. The normalized spacial score (nSPS) is 21.4. The molecule has 3 nitrogen and oxygen atoms in total. The standard InChI is InChI=1S/C13H21N3/c1-11(2)15-12-5-4-8-16(10-12)13-6-3-7-14-9-13/h3,6-7,9,11-12,15H,4-5,8,10H2,1-2H3. The van der Waals surface area contributed by atoms with Crippen molar-refractivity contribution in [3.63, 3.8) is 0 Å². The summed E-state index contributed by atoms with van der Waals surface area (Å²) >= 11 is 0. The van der Waals surface area contributed by atoms with Crippen LogP contribution in [0.5, 0.6) is 0 Å². The zero-order chi connectivity index (χ0) is 11.4. The summed E-state index contributed by atoms with van der Waals surface area (Å²) in [6, 6.07) is 5.34. The largest absolute Gasteiger partial charge is 0.369 e. The topological polar surface area (TPSA) is 28.2 Å². The molecule has 1 aliphatic rings. The number of anilines is 1. The van der Waals surface area contributed by atoms with E-state index in [0.29, 0.717) is 12.1 Å². The molecule has 1 unspecified atom stereocenters. The Morgan fingerprint density at radius 1 is 1.50 bits per heavy atom. The number of piperidine rings is 1. The van der Waals surface area contributed by atoms with Gasteiger partial charge in [-0.1, -0.05) is 13.8 Å². The van der Waals surface area contributed by atoms with Crippen LogP contribution in [0.3, 0.4) is 0 Å². The van der Waals surface area contributed by atoms with E-state index < -0.39 is 0 Å². The third-order valence-corrected chi connectivity index (χ3v) is 3.00. The second-order valence-electron chi connectivity index (χ2n) is 4.82. The SMILES string of the molecule is CC(C)NC1CCCN(c2cccnc2)C1. The first-order valence-electron chi connectivity index (χ1n) is 6.17. The molecule has 0 aliphatic carbocycles. The molecule has 2 heterocycles. The molecule has 1 aromatic heterocycles. The van der Waals surface area contributed by atoms with E-state index in [1.54, 1.807) is 0 Å². The maximum atomic E-state index is 4.18. The Morgan fingerprint density at radius 2 is 2.38 bits per heavy atom. The Labute approximate surface area is 97.9 Å². The van der Waals surface area contributed by atoms with E-state index in [1.165, 1.54) is 18.5 Å². The Morgan fingerprint density at radius 3 is 3.06 bits per heavy atom. The fourth-order valence-electron chi connectivity index (χ4n) is 2.36. The molecule has 3 heteroatoms. The monoisotopic (exact) mass is 219 g/mol. The van der Waals surface area contributed by atoms with Gasteiger partial charge < -0.3 is 10.2 Å². The highest BCUT2D eigenvalue weighted by molar-refractivity contribution is 5.44. The van der Waals surface area contributed by atoms with Crippen molar-refractivity contribution in [2.45, 2.75) is 38.8 Å². The molecular weight excluding hydrogens is 198 g/mol. The third-order valence-electron chi connectivity index (χ3n) is 3.00. The lowest BCUT2D eigenvalue weighted by molar-refractivity contribution is 0.394. The molecule has 2 rings (SSSR count). The molecule has 0 bridgehead atoms. The van der Waals surface area contributed by atoms with Gasteiger partial charge >= 0.3 is 0 Å². The molecule has 1 aromatic rings. The van der Waals surface area contributed by atoms with E-state index in [1.807, 2.05) is 18.5 Å². The maximum Gasteiger partial charge on any atom is 0.0553 e. The van der Waals surface area contributed by atoms with Crippen molar-refractivity contribution in [2.75, 3.05) is 18.0 Å². The second kappa shape index (κ2) is 5.30. The van der Waals surface area contributed by atoms with Gasteiger partial charge in [0.25, 0.3) is 0 Å². The molecule has 1 aliphatic heterocycles. The molecule has 1 N–H and O–H groups in total. The summed E-state index contributed by atoms with van der Waals surface area (Å²) in [5, 5.41) is 3.62. The Bertz CT molecular complexity index is 310. The van der Waals surface area contributed by atoms with Gasteiger partial charge in [-0.15, -0.1) is 0 Å². The van der Waals surface area contributed by atoms with Gasteiger partial charge in [-0.25, -0.2) is 0 Å². The van der Waals surface area contributed by atoms with Crippen LogP contribution in [-0.4, -0.2) is 30.2 Å². The first-order valence-corrected chi connectivity index (χ1v) is 6.17. The predicted octanol–water partition coefficient (Wildman–Crippen LogP) is 2.05. The summed E-state index contributed by atoms with van der Waals surface area (Å²) in [7, 11) is 0. The van der Waals surface area contributed by atoms with Crippen LogP contribution < -0.4 is 10.2 Å². The van der Waals surface area contributed by atoms with Crippen LogP contribution in [0.4, 0.5) is 5.69 Å². The number of aromatic nitrogens is 1. The molecule has 1 atom stereocenters. The Balaban J connectivity index is 1.97. The van der Waals surface area contributed by atoms with Crippen molar-refractivity contribution < 1.29 is 0 Å². The molecule has 0 saturated carbocycles. The number of rotatable bonds is 3. The summed E-state index contributed by atoms with van der Waals surface area (Å²) in [5.41, 5.74) is 1.25. The summed E-state index contributed by atoms with van der Waals surface area (Å²) < 4.78 is 0. The summed E-state index contributed by atoms with van der Waals surface area (Å²) in [5.74, 6) is 0. The van der Waals surface area contributed by atoms with Gasteiger partial charge in [0.15, 0.2) is 0 Å². The maximum absolute atomic E-state index is 4.18. The van der Waals surface area contributed by atoms with E-state index in [0.717, 1.165) is 13.1 Å². The highest BCUT2D eigenvalue weighted by Crippen LogP contribution is 2.18. The molecule has 0 spiro atoms. The summed E-state index contributed by atoms with van der Waals surface area (Å²) in [4.78, 5) is 6.61. The van der Waals surface area contributed by atoms with Crippen molar-refractivity contribution in [1.82, 2.24) is 10.3 Å². The van der Waals surface area contributed by atoms with Gasteiger partial charge in [0.05, 0.1) is 11.9 Å². The van der Waals surface area contributed by atoms with Crippen LogP contribution in [0.25, 0.3) is 0 Å². The quantitative estimate of drug-likeness (QED) is 0.843. The van der Waals surface area contributed by atoms with E-state index >= 15 is 0 Å². The molecule has 16 heavy (non-hydrogen) atoms. The number of nitrogens with zero attached hydrogens (tertiary/aromatic N) is 2. The first kappa shape index (κ1) is 11.4. The Kier molecular flexibility index (Phi) is 3.78. The average molecular weight is 219 g/mol. The minimum atomic E-state index is 0.568. The predicted molar refractivity (Wildman–Crippen MR) is 67.7 cm³/mol. The molecule has 1 saturated heterocycles. The fourth-order valence-corrected chi connectivity index (χ4v) is 2.36. The minimum Gasteiger partial charge on any atom is -0.369 e. The number of hydrogen-bond donors (Lipinski definition) is 1. The van der Waals surface area contributed by atoms with Gasteiger partial charge in [-0.05, 0) is 25.0 Å². The number of pyridine rings is 1. The smallest absolute Gasteiger partial charge is 0.0553 e. The molecule has 1 fully saturated rings. The lowest BCUT2D eigenvalue weighted by atomic mass is 10.0. The highest BCUT2D eigenvalue weighted by atomic mass is 15.2. The lowest BCUT2D eigenvalue weighted by Gasteiger charge is -2.35.